The Hall–Kier alpha value is -2.07. The van der Waals surface area contributed by atoms with Gasteiger partial charge in [-0.25, -0.2) is 9.18 Å². The van der Waals surface area contributed by atoms with E-state index in [9.17, 15) is 9.18 Å². The molecule has 0 N–H and O–H groups in total. The lowest BCUT2D eigenvalue weighted by atomic mass is 10.2. The minimum absolute atomic E-state index is 0.0137. The van der Waals surface area contributed by atoms with Crippen LogP contribution in [-0.4, -0.2) is 19.2 Å². The number of benzene rings is 2. The first kappa shape index (κ1) is 16.3. The first-order valence-corrected chi connectivity index (χ1v) is 7.32. The molecule has 5 heteroatoms. The van der Waals surface area contributed by atoms with Gasteiger partial charge in [0.05, 0.1) is 5.02 Å². The van der Waals surface area contributed by atoms with Crippen LogP contribution in [0.25, 0.3) is 0 Å². The predicted octanol–water partition coefficient (Wildman–Crippen LogP) is 4.28. The Morgan fingerprint density at radius 1 is 1.18 bits per heavy atom. The molecule has 0 aliphatic carbocycles. The van der Waals surface area contributed by atoms with Crippen molar-refractivity contribution in [3.8, 4) is 5.75 Å². The highest BCUT2D eigenvalue weighted by molar-refractivity contribution is 6.33. The largest absolute Gasteiger partial charge is 0.490 e. The van der Waals surface area contributed by atoms with E-state index >= 15 is 0 Å². The Balaban J connectivity index is 1.85. The number of halogens is 2. The molecule has 2 rings (SSSR count). The van der Waals surface area contributed by atoms with Crippen molar-refractivity contribution in [3.05, 3.63) is 64.4 Å². The van der Waals surface area contributed by atoms with E-state index in [-0.39, 0.29) is 23.8 Å². The van der Waals surface area contributed by atoms with Gasteiger partial charge in [-0.3, -0.25) is 0 Å². The van der Waals surface area contributed by atoms with Crippen LogP contribution in [0.1, 0.15) is 22.8 Å². The van der Waals surface area contributed by atoms with E-state index in [1.54, 1.807) is 0 Å². The van der Waals surface area contributed by atoms with Crippen molar-refractivity contribution < 1.29 is 18.7 Å². The van der Waals surface area contributed by atoms with Crippen LogP contribution < -0.4 is 4.74 Å². The third-order valence-electron chi connectivity index (χ3n) is 3.06. The van der Waals surface area contributed by atoms with Gasteiger partial charge in [0.2, 0.25) is 0 Å². The van der Waals surface area contributed by atoms with Crippen LogP contribution in [0, 0.1) is 5.82 Å². The molecule has 0 amide bonds. The van der Waals surface area contributed by atoms with E-state index in [0.29, 0.717) is 5.75 Å². The van der Waals surface area contributed by atoms with Gasteiger partial charge in [-0.2, -0.15) is 0 Å². The maximum atomic E-state index is 13.5. The van der Waals surface area contributed by atoms with E-state index < -0.39 is 11.8 Å². The summed E-state index contributed by atoms with van der Waals surface area (Å²) in [7, 11) is 0. The highest BCUT2D eigenvalue weighted by atomic mass is 35.5. The van der Waals surface area contributed by atoms with Gasteiger partial charge in [0.1, 0.15) is 30.3 Å². The Morgan fingerprint density at radius 2 is 1.95 bits per heavy atom. The average Bonchev–Trinajstić information content (AvgIpc) is 2.51. The maximum absolute atomic E-state index is 13.5. The zero-order valence-corrected chi connectivity index (χ0v) is 12.9. The summed E-state index contributed by atoms with van der Waals surface area (Å²) < 4.78 is 24.0. The molecular weight excluding hydrogens is 307 g/mol. The summed E-state index contributed by atoms with van der Waals surface area (Å²) in [4.78, 5) is 11.8. The number of carbonyl (C=O) groups excluding carboxylic acids is 1. The number of hydrogen-bond donors (Lipinski definition) is 0. The molecule has 0 unspecified atom stereocenters. The van der Waals surface area contributed by atoms with Crippen LogP contribution in [0.2, 0.25) is 5.02 Å². The van der Waals surface area contributed by atoms with Gasteiger partial charge in [0.15, 0.2) is 0 Å². The van der Waals surface area contributed by atoms with Crippen molar-refractivity contribution in [1.29, 1.82) is 0 Å². The Morgan fingerprint density at radius 3 is 2.68 bits per heavy atom. The lowest BCUT2D eigenvalue weighted by molar-refractivity contribution is 0.0445. The van der Waals surface area contributed by atoms with E-state index in [2.05, 4.69) is 6.92 Å². The normalized spacial score (nSPS) is 10.3. The van der Waals surface area contributed by atoms with E-state index in [4.69, 9.17) is 21.1 Å². The van der Waals surface area contributed by atoms with Crippen molar-refractivity contribution in [2.45, 2.75) is 13.3 Å². The summed E-state index contributed by atoms with van der Waals surface area (Å²) in [5, 5.41) is 0.0292. The number of esters is 1. The average molecular weight is 323 g/mol. The lowest BCUT2D eigenvalue weighted by Gasteiger charge is -2.09. The third-order valence-corrected chi connectivity index (χ3v) is 3.37. The molecule has 0 saturated heterocycles. The SMILES string of the molecule is CCc1cccc(OCCOC(=O)c2c(F)cccc2Cl)c1. The molecule has 0 fully saturated rings. The zero-order valence-electron chi connectivity index (χ0n) is 12.1. The molecule has 0 bridgehead atoms. The molecule has 22 heavy (non-hydrogen) atoms. The second-order valence-electron chi connectivity index (χ2n) is 4.58. The summed E-state index contributed by atoms with van der Waals surface area (Å²) in [6.45, 7) is 2.25. The van der Waals surface area contributed by atoms with Crippen molar-refractivity contribution in [3.63, 3.8) is 0 Å². The molecule has 2 aromatic rings. The number of rotatable bonds is 6. The van der Waals surface area contributed by atoms with Gasteiger partial charge in [0, 0.05) is 0 Å². The molecule has 2 aromatic carbocycles. The lowest BCUT2D eigenvalue weighted by Crippen LogP contribution is -2.14. The number of ether oxygens (including phenoxy) is 2. The molecule has 0 aliphatic rings. The topological polar surface area (TPSA) is 35.5 Å². The van der Waals surface area contributed by atoms with Crippen molar-refractivity contribution in [1.82, 2.24) is 0 Å². The standard InChI is InChI=1S/C17H16ClFO3/c1-2-12-5-3-6-13(11-12)21-9-10-22-17(20)16-14(18)7-4-8-15(16)19/h3-8,11H,2,9-10H2,1H3. The maximum Gasteiger partial charge on any atom is 0.342 e. The highest BCUT2D eigenvalue weighted by Gasteiger charge is 2.16. The van der Waals surface area contributed by atoms with Gasteiger partial charge >= 0.3 is 5.97 Å². The summed E-state index contributed by atoms with van der Waals surface area (Å²) in [5.74, 6) is -0.789. The van der Waals surface area contributed by atoms with Crippen LogP contribution in [0.4, 0.5) is 4.39 Å². The number of hydrogen-bond acceptors (Lipinski definition) is 3. The van der Waals surface area contributed by atoms with Crippen molar-refractivity contribution in [2.75, 3.05) is 13.2 Å². The van der Waals surface area contributed by atoms with Crippen LogP contribution in [0.3, 0.4) is 0 Å². The van der Waals surface area contributed by atoms with Gasteiger partial charge in [-0.05, 0) is 36.2 Å². The predicted molar refractivity (Wildman–Crippen MR) is 83.0 cm³/mol. The zero-order chi connectivity index (χ0) is 15.9. The minimum atomic E-state index is -0.797. The van der Waals surface area contributed by atoms with Crippen LogP contribution in [-0.2, 0) is 11.2 Å². The Labute approximate surface area is 133 Å². The second-order valence-corrected chi connectivity index (χ2v) is 4.99. The van der Waals surface area contributed by atoms with Gasteiger partial charge in [-0.15, -0.1) is 0 Å². The summed E-state index contributed by atoms with van der Waals surface area (Å²) in [6.07, 6.45) is 0.915. The molecule has 0 spiro atoms. The molecule has 0 atom stereocenters. The first-order valence-electron chi connectivity index (χ1n) is 6.94. The summed E-state index contributed by atoms with van der Waals surface area (Å²) in [6, 6.07) is 11.7. The highest BCUT2D eigenvalue weighted by Crippen LogP contribution is 2.20. The molecule has 0 aromatic heterocycles. The molecule has 3 nitrogen and oxygen atoms in total. The minimum Gasteiger partial charge on any atom is -0.490 e. The third kappa shape index (κ3) is 4.21. The Kier molecular flexibility index (Phi) is 5.78. The first-order chi connectivity index (χ1) is 10.6. The Bertz CT molecular complexity index is 638. The monoisotopic (exact) mass is 322 g/mol. The molecule has 116 valence electrons. The fourth-order valence-corrected chi connectivity index (χ4v) is 2.15. The smallest absolute Gasteiger partial charge is 0.342 e. The fraction of sp³-hybridized carbons (Fsp3) is 0.235. The molecule has 0 saturated carbocycles. The number of aryl methyl sites for hydroxylation is 1. The fourth-order valence-electron chi connectivity index (χ4n) is 1.91. The second kappa shape index (κ2) is 7.80. The van der Waals surface area contributed by atoms with Crippen LogP contribution >= 0.6 is 11.6 Å². The van der Waals surface area contributed by atoms with E-state index in [1.807, 2.05) is 24.3 Å². The molecule has 0 aliphatic heterocycles. The summed E-state index contributed by atoms with van der Waals surface area (Å²) >= 11 is 5.79. The van der Waals surface area contributed by atoms with Gasteiger partial charge in [-0.1, -0.05) is 36.7 Å². The van der Waals surface area contributed by atoms with E-state index in [0.717, 1.165) is 18.1 Å². The molecular formula is C17H16ClFO3. The van der Waals surface area contributed by atoms with Gasteiger partial charge < -0.3 is 9.47 Å². The quantitative estimate of drug-likeness (QED) is 0.588. The number of carbonyl (C=O) groups is 1. The van der Waals surface area contributed by atoms with Gasteiger partial charge in [0.25, 0.3) is 0 Å². The van der Waals surface area contributed by atoms with Crippen LogP contribution in [0.5, 0.6) is 5.75 Å². The molecule has 0 radical (unpaired) electrons. The van der Waals surface area contributed by atoms with Crippen molar-refractivity contribution in [2.24, 2.45) is 0 Å². The van der Waals surface area contributed by atoms with Crippen LogP contribution in [0.15, 0.2) is 42.5 Å². The summed E-state index contributed by atoms with van der Waals surface area (Å²) in [5.41, 5.74) is 0.907. The molecule has 0 heterocycles. The van der Waals surface area contributed by atoms with Crippen molar-refractivity contribution >= 4 is 17.6 Å². The van der Waals surface area contributed by atoms with E-state index in [1.165, 1.54) is 12.1 Å².